The first kappa shape index (κ1) is 10.1. The van der Waals surface area contributed by atoms with Gasteiger partial charge in [0.1, 0.15) is 6.26 Å². The van der Waals surface area contributed by atoms with Crippen LogP contribution in [0, 0.1) is 0 Å². The summed E-state index contributed by atoms with van der Waals surface area (Å²) < 4.78 is 16.6. The third kappa shape index (κ3) is 2.82. The lowest BCUT2D eigenvalue weighted by Gasteiger charge is -1.97. The molecule has 1 aromatic rings. The Balaban J connectivity index is 2.65. The van der Waals surface area contributed by atoms with Crippen LogP contribution in [0.5, 0.6) is 0 Å². The summed E-state index contributed by atoms with van der Waals surface area (Å²) in [7, 11) is 0. The molecule has 0 aromatic heterocycles. The third-order valence-corrected chi connectivity index (χ3v) is 1.40. The fourth-order valence-electron chi connectivity index (χ4n) is 0.780. The smallest absolute Gasteiger partial charge is 0.343 e. The predicted octanol–water partition coefficient (Wildman–Crippen LogP) is 1.85. The molecule has 0 amide bonds. The van der Waals surface area contributed by atoms with Gasteiger partial charge in [0.05, 0.1) is 5.56 Å². The van der Waals surface area contributed by atoms with E-state index in [9.17, 15) is 14.0 Å². The van der Waals surface area contributed by atoms with Gasteiger partial charge in [-0.05, 0) is 12.1 Å². The van der Waals surface area contributed by atoms with Crippen LogP contribution in [0.15, 0.2) is 42.4 Å². The molecule has 14 heavy (non-hydrogen) atoms. The number of carbonyl (C=O) groups is 2. The highest BCUT2D eigenvalue weighted by Gasteiger charge is 2.04. The van der Waals surface area contributed by atoms with Gasteiger partial charge >= 0.3 is 5.97 Å². The van der Waals surface area contributed by atoms with Crippen molar-refractivity contribution in [3.8, 4) is 0 Å². The van der Waals surface area contributed by atoms with Crippen molar-refractivity contribution in [2.75, 3.05) is 0 Å². The van der Waals surface area contributed by atoms with Crippen molar-refractivity contribution < 1.29 is 18.7 Å². The maximum atomic E-state index is 12.2. The van der Waals surface area contributed by atoms with Crippen molar-refractivity contribution in [1.82, 2.24) is 0 Å². The Morgan fingerprint density at radius 3 is 2.50 bits per heavy atom. The van der Waals surface area contributed by atoms with E-state index in [1.165, 1.54) is 12.1 Å². The predicted molar refractivity (Wildman–Crippen MR) is 47.1 cm³/mol. The summed E-state index contributed by atoms with van der Waals surface area (Å²) in [5.74, 6) is -1.84. The Labute approximate surface area is 79.8 Å². The second-order valence-electron chi connectivity index (χ2n) is 2.39. The molecule has 0 fully saturated rings. The van der Waals surface area contributed by atoms with Crippen molar-refractivity contribution in [2.45, 2.75) is 0 Å². The molecule has 0 saturated heterocycles. The second-order valence-corrected chi connectivity index (χ2v) is 2.39. The van der Waals surface area contributed by atoms with E-state index in [1.54, 1.807) is 18.2 Å². The van der Waals surface area contributed by atoms with E-state index in [2.05, 4.69) is 4.74 Å². The minimum atomic E-state index is -1.13. The summed E-state index contributed by atoms with van der Waals surface area (Å²) >= 11 is 0. The summed E-state index contributed by atoms with van der Waals surface area (Å²) in [5, 5.41) is 0. The van der Waals surface area contributed by atoms with Crippen LogP contribution >= 0.6 is 0 Å². The van der Waals surface area contributed by atoms with E-state index in [0.29, 0.717) is 11.8 Å². The maximum Gasteiger partial charge on any atom is 0.343 e. The lowest BCUT2D eigenvalue weighted by Crippen LogP contribution is -2.00. The fraction of sp³-hybridized carbons (Fsp3) is 0. The van der Waals surface area contributed by atoms with Gasteiger partial charge < -0.3 is 4.74 Å². The number of halogens is 1. The maximum absolute atomic E-state index is 12.2. The minimum Gasteiger partial charge on any atom is -0.428 e. The average Bonchev–Trinajstić information content (AvgIpc) is 2.26. The summed E-state index contributed by atoms with van der Waals surface area (Å²) in [6.07, 6.45) is 0.431. The molecule has 0 aliphatic rings. The molecule has 0 heterocycles. The van der Waals surface area contributed by atoms with Crippen LogP contribution in [0.4, 0.5) is 4.39 Å². The molecule has 3 nitrogen and oxygen atoms in total. The monoisotopic (exact) mass is 194 g/mol. The van der Waals surface area contributed by atoms with E-state index in [4.69, 9.17) is 0 Å². The quantitative estimate of drug-likeness (QED) is 0.319. The van der Waals surface area contributed by atoms with Crippen molar-refractivity contribution in [3.05, 3.63) is 48.0 Å². The molecule has 0 N–H and O–H groups in total. The number of benzene rings is 1. The zero-order valence-electron chi connectivity index (χ0n) is 7.14. The first-order chi connectivity index (χ1) is 6.74. The zero-order chi connectivity index (χ0) is 10.4. The molecule has 1 rings (SSSR count). The number of hydrogen-bond acceptors (Lipinski definition) is 3. The summed E-state index contributed by atoms with van der Waals surface area (Å²) in [5.41, 5.74) is 0.294. The number of allylic oxidation sites excluding steroid dienone is 1. The average molecular weight is 194 g/mol. The van der Waals surface area contributed by atoms with Crippen LogP contribution < -0.4 is 0 Å². The number of carbonyl (C=O) groups excluding carboxylic acids is 2. The molecule has 72 valence electrons. The minimum absolute atomic E-state index is 0.0434. The van der Waals surface area contributed by atoms with Crippen LogP contribution in [0.2, 0.25) is 0 Å². The van der Waals surface area contributed by atoms with E-state index in [1.807, 2.05) is 0 Å². The molecule has 1 aromatic carbocycles. The Morgan fingerprint density at radius 2 is 1.93 bits per heavy atom. The summed E-state index contributed by atoms with van der Waals surface area (Å²) in [4.78, 5) is 20.9. The van der Waals surface area contributed by atoms with E-state index in [-0.39, 0.29) is 6.29 Å². The number of hydrogen-bond donors (Lipinski definition) is 0. The van der Waals surface area contributed by atoms with Crippen molar-refractivity contribution >= 4 is 12.3 Å². The van der Waals surface area contributed by atoms with Gasteiger partial charge in [0.25, 0.3) is 0 Å². The molecule has 0 radical (unpaired) electrons. The van der Waals surface area contributed by atoms with Gasteiger partial charge in [-0.25, -0.2) is 4.79 Å². The first-order valence-electron chi connectivity index (χ1n) is 3.81. The first-order valence-corrected chi connectivity index (χ1v) is 3.81. The van der Waals surface area contributed by atoms with Gasteiger partial charge in [-0.3, -0.25) is 4.79 Å². The van der Waals surface area contributed by atoms with Crippen LogP contribution in [-0.4, -0.2) is 12.3 Å². The molecule has 0 aliphatic heterocycles. The van der Waals surface area contributed by atoms with E-state index < -0.39 is 11.8 Å². The Hall–Kier alpha value is -1.97. The lowest BCUT2D eigenvalue weighted by molar-refractivity contribution is -0.106. The normalized spacial score (nSPS) is 10.8. The van der Waals surface area contributed by atoms with E-state index in [0.717, 1.165) is 0 Å². The van der Waals surface area contributed by atoms with E-state index >= 15 is 0 Å². The number of rotatable bonds is 3. The molecule has 4 heteroatoms. The molecule has 0 atom stereocenters. The van der Waals surface area contributed by atoms with Gasteiger partial charge in [0.2, 0.25) is 0 Å². The summed E-state index contributed by atoms with van der Waals surface area (Å²) in [6.45, 7) is 0. The van der Waals surface area contributed by atoms with Crippen LogP contribution in [0.1, 0.15) is 10.4 Å². The highest BCUT2D eigenvalue weighted by molar-refractivity contribution is 5.89. The molecule has 0 saturated carbocycles. The van der Waals surface area contributed by atoms with Gasteiger partial charge in [0, 0.05) is 0 Å². The molecule has 0 spiro atoms. The molecule has 0 aliphatic carbocycles. The molecular formula is C10H7FO3. The van der Waals surface area contributed by atoms with Gasteiger partial charge in [-0.15, -0.1) is 0 Å². The topological polar surface area (TPSA) is 43.4 Å². The second kappa shape index (κ2) is 4.91. The SMILES string of the molecule is O=C/C(F)=C/OC(=O)c1ccccc1. The number of ether oxygens (including phenoxy) is 1. The highest BCUT2D eigenvalue weighted by Crippen LogP contribution is 2.02. The lowest BCUT2D eigenvalue weighted by atomic mass is 10.2. The Morgan fingerprint density at radius 1 is 1.29 bits per heavy atom. The standard InChI is InChI=1S/C10H7FO3/c11-9(6-12)7-14-10(13)8-4-2-1-3-5-8/h1-7H/b9-7-. The highest BCUT2D eigenvalue weighted by atomic mass is 19.1. The van der Waals surface area contributed by atoms with Crippen LogP contribution in [0.3, 0.4) is 0 Å². The van der Waals surface area contributed by atoms with Gasteiger partial charge in [-0.1, -0.05) is 18.2 Å². The van der Waals surface area contributed by atoms with Crippen LogP contribution in [0.25, 0.3) is 0 Å². The molecule has 0 bridgehead atoms. The third-order valence-electron chi connectivity index (χ3n) is 1.40. The van der Waals surface area contributed by atoms with Crippen LogP contribution in [-0.2, 0) is 9.53 Å². The fourth-order valence-corrected chi connectivity index (χ4v) is 0.780. The van der Waals surface area contributed by atoms with Crippen molar-refractivity contribution in [3.63, 3.8) is 0 Å². The zero-order valence-corrected chi connectivity index (χ0v) is 7.14. The largest absolute Gasteiger partial charge is 0.428 e. The van der Waals surface area contributed by atoms with Crippen molar-refractivity contribution in [2.24, 2.45) is 0 Å². The van der Waals surface area contributed by atoms with Gasteiger partial charge in [-0.2, -0.15) is 4.39 Å². The number of esters is 1. The Kier molecular flexibility index (Phi) is 3.55. The van der Waals surface area contributed by atoms with Gasteiger partial charge in [0.15, 0.2) is 12.1 Å². The Bertz CT molecular complexity index is 357. The molecular weight excluding hydrogens is 187 g/mol. The number of aldehydes is 1. The molecule has 0 unspecified atom stereocenters. The van der Waals surface area contributed by atoms with Crippen molar-refractivity contribution in [1.29, 1.82) is 0 Å². The summed E-state index contributed by atoms with van der Waals surface area (Å²) in [6, 6.07) is 8.08.